The van der Waals surface area contributed by atoms with Gasteiger partial charge >= 0.3 is 6.18 Å². The summed E-state index contributed by atoms with van der Waals surface area (Å²) in [5, 5.41) is 15.7. The van der Waals surface area contributed by atoms with E-state index in [1.807, 2.05) is 13.8 Å². The lowest BCUT2D eigenvalue weighted by Crippen LogP contribution is -2.32. The van der Waals surface area contributed by atoms with E-state index in [1.165, 1.54) is 43.5 Å². The lowest BCUT2D eigenvalue weighted by molar-refractivity contribution is -0.0847. The van der Waals surface area contributed by atoms with Crippen LogP contribution in [0.25, 0.3) is 0 Å². The number of phenolic OH excluding ortho intramolecular Hbond substituents is 1. The van der Waals surface area contributed by atoms with Crippen molar-refractivity contribution in [2.75, 3.05) is 19.4 Å². The number of carbonyl (C=O) groups is 1. The van der Waals surface area contributed by atoms with Gasteiger partial charge in [-0.2, -0.15) is 21.6 Å². The zero-order chi connectivity index (χ0) is 27.0. The molecule has 0 bridgehead atoms. The average Bonchev–Trinajstić information content (AvgIpc) is 3.35. The van der Waals surface area contributed by atoms with Crippen LogP contribution in [0.2, 0.25) is 0 Å². The van der Waals surface area contributed by atoms with Gasteiger partial charge in [-0.3, -0.25) is 4.79 Å². The molecule has 13 heteroatoms. The van der Waals surface area contributed by atoms with Gasteiger partial charge in [-0.05, 0) is 36.1 Å². The number of halogens is 3. The Kier molecular flexibility index (Phi) is 7.44. The molecule has 0 aliphatic carbocycles. The predicted octanol–water partition coefficient (Wildman–Crippen LogP) is 4.48. The first kappa shape index (κ1) is 27.1. The van der Waals surface area contributed by atoms with E-state index in [1.54, 1.807) is 13.0 Å². The fourth-order valence-electron chi connectivity index (χ4n) is 3.54. The van der Waals surface area contributed by atoms with Crippen molar-refractivity contribution in [3.63, 3.8) is 0 Å². The van der Waals surface area contributed by atoms with Crippen molar-refractivity contribution in [1.82, 2.24) is 10.2 Å². The number of hydrogen-bond donors (Lipinski definition) is 3. The number of phenols is 1. The number of allylic oxidation sites excluding steroid dienone is 1. The van der Waals surface area contributed by atoms with Gasteiger partial charge in [0.1, 0.15) is 11.5 Å². The van der Waals surface area contributed by atoms with Crippen LogP contribution in [0.4, 0.5) is 18.9 Å². The average molecular weight is 529 g/mol. The monoisotopic (exact) mass is 528 g/mol. The first-order valence-electron chi connectivity index (χ1n) is 11.0. The van der Waals surface area contributed by atoms with Crippen LogP contribution >= 0.6 is 0 Å². The fourth-order valence-corrected chi connectivity index (χ4v) is 4.71. The molecule has 0 unspecified atom stereocenters. The van der Waals surface area contributed by atoms with Crippen LogP contribution in [0, 0.1) is 0 Å². The number of para-hydroxylation sites is 1. The molecule has 0 fully saturated rings. The molecule has 1 aromatic carbocycles. The SMILES string of the molecule is CC[C@@H](NC1=NS(=O)(=O)C(C(F)(F)F)=C1Nc1cccc(C(=O)N(C)C)c1O)c1cc(C(C)C)co1. The van der Waals surface area contributed by atoms with E-state index >= 15 is 0 Å². The molecule has 2 heterocycles. The number of anilines is 1. The van der Waals surface area contributed by atoms with E-state index in [0.717, 1.165) is 5.56 Å². The Morgan fingerprint density at radius 3 is 2.44 bits per heavy atom. The van der Waals surface area contributed by atoms with Gasteiger partial charge in [-0.25, -0.2) is 0 Å². The Labute approximate surface area is 206 Å². The minimum absolute atomic E-state index is 0.137. The molecule has 1 aliphatic heterocycles. The molecular weight excluding hydrogens is 501 g/mol. The quantitative estimate of drug-likeness (QED) is 0.453. The Balaban J connectivity index is 2.08. The zero-order valence-electron chi connectivity index (χ0n) is 20.3. The normalized spacial score (nSPS) is 16.2. The summed E-state index contributed by atoms with van der Waals surface area (Å²) in [6.45, 7) is 5.63. The van der Waals surface area contributed by atoms with E-state index < -0.39 is 50.3 Å². The van der Waals surface area contributed by atoms with Gasteiger partial charge in [-0.1, -0.05) is 26.8 Å². The number of rotatable bonds is 7. The summed E-state index contributed by atoms with van der Waals surface area (Å²) in [7, 11) is -2.25. The number of amides is 1. The van der Waals surface area contributed by atoms with Crippen LogP contribution in [-0.4, -0.2) is 50.4 Å². The molecule has 1 aliphatic rings. The molecule has 3 N–H and O–H groups in total. The summed E-state index contributed by atoms with van der Waals surface area (Å²) < 4.78 is 75.6. The molecule has 36 heavy (non-hydrogen) atoms. The lowest BCUT2D eigenvalue weighted by atomic mass is 10.1. The van der Waals surface area contributed by atoms with Gasteiger partial charge < -0.3 is 25.1 Å². The fraction of sp³-hybridized carbons (Fsp3) is 0.391. The molecule has 0 radical (unpaired) electrons. The van der Waals surface area contributed by atoms with Crippen molar-refractivity contribution in [3.8, 4) is 5.75 Å². The minimum Gasteiger partial charge on any atom is -0.505 e. The summed E-state index contributed by atoms with van der Waals surface area (Å²) in [6, 6.07) is 4.87. The van der Waals surface area contributed by atoms with E-state index in [0.29, 0.717) is 12.2 Å². The molecule has 1 aromatic heterocycles. The van der Waals surface area contributed by atoms with Gasteiger partial charge in [0.15, 0.2) is 16.5 Å². The summed E-state index contributed by atoms with van der Waals surface area (Å²) in [5.74, 6) is -1.31. The number of furan rings is 1. The maximum atomic E-state index is 13.9. The van der Waals surface area contributed by atoms with Crippen molar-refractivity contribution in [1.29, 1.82) is 0 Å². The second kappa shape index (κ2) is 9.88. The smallest absolute Gasteiger partial charge is 0.431 e. The largest absolute Gasteiger partial charge is 0.505 e. The highest BCUT2D eigenvalue weighted by Gasteiger charge is 2.50. The van der Waals surface area contributed by atoms with Crippen LogP contribution < -0.4 is 10.6 Å². The van der Waals surface area contributed by atoms with Crippen LogP contribution in [0.3, 0.4) is 0 Å². The minimum atomic E-state index is -5.29. The number of aromatic hydroxyl groups is 1. The Bertz CT molecular complexity index is 1330. The van der Waals surface area contributed by atoms with Gasteiger partial charge in [-0.15, -0.1) is 4.40 Å². The highest BCUT2D eigenvalue weighted by molar-refractivity contribution is 7.94. The summed E-state index contributed by atoms with van der Waals surface area (Å²) in [4.78, 5) is 11.6. The number of hydrogen-bond acceptors (Lipinski definition) is 7. The summed E-state index contributed by atoms with van der Waals surface area (Å²) >= 11 is 0. The molecular formula is C23H27F3N4O5S. The predicted molar refractivity (Wildman–Crippen MR) is 128 cm³/mol. The van der Waals surface area contributed by atoms with E-state index in [2.05, 4.69) is 15.0 Å². The first-order valence-corrected chi connectivity index (χ1v) is 12.4. The molecule has 2 aromatic rings. The van der Waals surface area contributed by atoms with E-state index in [9.17, 15) is 31.5 Å². The summed E-state index contributed by atoms with van der Waals surface area (Å²) in [5.41, 5.74) is -0.529. The van der Waals surface area contributed by atoms with Gasteiger partial charge in [0, 0.05) is 14.1 Å². The molecule has 196 valence electrons. The standard InChI is InChI=1S/C23H27F3N4O5S/c1-6-15(17-10-13(11-35-17)12(2)3)28-21-18(20(23(24,25)26)36(33,34)29-21)27-16-9-7-8-14(19(16)31)22(32)30(4)5/h7-12,15,27,31H,6H2,1-5H3,(H,28,29)/t15-/m1/s1. The maximum absolute atomic E-state index is 13.9. The number of carbonyl (C=O) groups excluding carboxylic acids is 1. The molecule has 0 saturated carbocycles. The first-order chi connectivity index (χ1) is 16.7. The Morgan fingerprint density at radius 2 is 1.92 bits per heavy atom. The maximum Gasteiger partial charge on any atom is 0.431 e. The van der Waals surface area contributed by atoms with Crippen molar-refractivity contribution in [2.24, 2.45) is 4.40 Å². The van der Waals surface area contributed by atoms with E-state index in [-0.39, 0.29) is 17.2 Å². The van der Waals surface area contributed by atoms with Crippen LogP contribution in [0.5, 0.6) is 5.75 Å². The molecule has 1 atom stereocenters. The van der Waals surface area contributed by atoms with Crippen molar-refractivity contribution < 1.29 is 35.9 Å². The lowest BCUT2D eigenvalue weighted by Gasteiger charge is -2.20. The number of amidine groups is 1. The topological polar surface area (TPSA) is 124 Å². The zero-order valence-corrected chi connectivity index (χ0v) is 21.1. The Morgan fingerprint density at radius 1 is 1.25 bits per heavy atom. The van der Waals surface area contributed by atoms with Crippen LogP contribution in [-0.2, 0) is 10.0 Å². The van der Waals surface area contributed by atoms with Crippen molar-refractivity contribution >= 4 is 27.5 Å². The molecule has 3 rings (SSSR count). The van der Waals surface area contributed by atoms with Crippen molar-refractivity contribution in [3.05, 3.63) is 58.0 Å². The third-order valence-corrected chi connectivity index (χ3v) is 6.87. The number of nitrogens with one attached hydrogen (secondary N) is 2. The van der Waals surface area contributed by atoms with E-state index in [4.69, 9.17) is 4.42 Å². The number of benzene rings is 1. The number of alkyl halides is 3. The second-order valence-corrected chi connectivity index (χ2v) is 10.2. The molecule has 1 amide bonds. The van der Waals surface area contributed by atoms with Crippen LogP contribution in [0.15, 0.2) is 49.9 Å². The third kappa shape index (κ3) is 5.35. The van der Waals surface area contributed by atoms with Gasteiger partial charge in [0.2, 0.25) is 0 Å². The molecule has 0 saturated heterocycles. The third-order valence-electron chi connectivity index (χ3n) is 5.49. The van der Waals surface area contributed by atoms with Crippen LogP contribution in [0.1, 0.15) is 60.8 Å². The van der Waals surface area contributed by atoms with Gasteiger partial charge in [0.05, 0.1) is 23.6 Å². The summed E-state index contributed by atoms with van der Waals surface area (Å²) in [6.07, 6.45) is -3.44. The van der Waals surface area contributed by atoms with Crippen molar-refractivity contribution in [2.45, 2.75) is 45.3 Å². The molecule has 0 spiro atoms. The van der Waals surface area contributed by atoms with Gasteiger partial charge in [0.25, 0.3) is 15.9 Å². The highest BCUT2D eigenvalue weighted by Crippen LogP contribution is 2.40. The highest BCUT2D eigenvalue weighted by atomic mass is 32.2. The number of nitrogens with zero attached hydrogens (tertiary/aromatic N) is 2. The second-order valence-electron chi connectivity index (χ2n) is 8.69. The molecule has 9 nitrogen and oxygen atoms in total. The Hall–Kier alpha value is -3.48. The number of sulfonamides is 1.